The van der Waals surface area contributed by atoms with Gasteiger partial charge in [-0.15, -0.1) is 0 Å². The molecule has 1 aliphatic rings. The predicted octanol–water partition coefficient (Wildman–Crippen LogP) is 1.70. The highest BCUT2D eigenvalue weighted by Crippen LogP contribution is 2.30. The first-order valence-corrected chi connectivity index (χ1v) is 4.81. The van der Waals surface area contributed by atoms with Gasteiger partial charge in [0.1, 0.15) is 12.2 Å². The number of hydrogen-bond acceptors (Lipinski definition) is 3. The predicted molar refractivity (Wildman–Crippen MR) is 48.2 cm³/mol. The van der Waals surface area contributed by atoms with Gasteiger partial charge in [0.2, 0.25) is 0 Å². The lowest BCUT2D eigenvalue weighted by atomic mass is 9.81. The third-order valence-corrected chi connectivity index (χ3v) is 2.63. The third kappa shape index (κ3) is 3.57. The molecular formula is C10H16O3. The maximum absolute atomic E-state index is 11.2. The van der Waals surface area contributed by atoms with Crippen molar-refractivity contribution in [2.45, 2.75) is 38.5 Å². The van der Waals surface area contributed by atoms with Gasteiger partial charge in [-0.3, -0.25) is 9.59 Å². The van der Waals surface area contributed by atoms with Gasteiger partial charge in [0, 0.05) is 6.42 Å². The fourth-order valence-corrected chi connectivity index (χ4v) is 1.47. The van der Waals surface area contributed by atoms with E-state index in [9.17, 15) is 9.59 Å². The molecule has 0 saturated heterocycles. The second kappa shape index (κ2) is 5.00. The maximum atomic E-state index is 11.2. The molecule has 0 N–H and O–H groups in total. The fraction of sp³-hybridized carbons (Fsp3) is 0.800. The minimum atomic E-state index is -0.418. The molecule has 1 fully saturated rings. The zero-order valence-electron chi connectivity index (χ0n) is 8.04. The molecule has 0 amide bonds. The highest BCUT2D eigenvalue weighted by atomic mass is 16.5. The third-order valence-electron chi connectivity index (χ3n) is 2.63. The first kappa shape index (κ1) is 10.2. The van der Waals surface area contributed by atoms with E-state index in [1.807, 2.05) is 0 Å². The molecule has 74 valence electrons. The normalized spacial score (nSPS) is 16.4. The number of carbonyl (C=O) groups is 2. The van der Waals surface area contributed by atoms with Crippen LogP contribution >= 0.6 is 0 Å². The molecule has 13 heavy (non-hydrogen) atoms. The van der Waals surface area contributed by atoms with Crippen LogP contribution in [0.25, 0.3) is 0 Å². The second-order valence-corrected chi connectivity index (χ2v) is 3.63. The van der Waals surface area contributed by atoms with Crippen molar-refractivity contribution < 1.29 is 14.3 Å². The van der Waals surface area contributed by atoms with E-state index in [0.29, 0.717) is 6.42 Å². The molecule has 1 rings (SSSR count). The van der Waals surface area contributed by atoms with Gasteiger partial charge in [0.25, 0.3) is 0 Å². The van der Waals surface area contributed by atoms with Crippen molar-refractivity contribution in [2.24, 2.45) is 5.92 Å². The molecule has 0 bridgehead atoms. The number of Topliss-reactive ketones (excluding diaryl/α,β-unsaturated/α-hetero) is 1. The van der Waals surface area contributed by atoms with E-state index in [1.165, 1.54) is 26.4 Å². The number of ether oxygens (including phenoxy) is 1. The first-order valence-electron chi connectivity index (χ1n) is 4.81. The van der Waals surface area contributed by atoms with E-state index in [-0.39, 0.29) is 12.2 Å². The van der Waals surface area contributed by atoms with E-state index < -0.39 is 5.97 Å². The van der Waals surface area contributed by atoms with Crippen molar-refractivity contribution in [1.29, 1.82) is 0 Å². The summed E-state index contributed by atoms with van der Waals surface area (Å²) < 4.78 is 4.41. The average molecular weight is 184 g/mol. The van der Waals surface area contributed by atoms with Crippen molar-refractivity contribution in [3.8, 4) is 0 Å². The van der Waals surface area contributed by atoms with E-state index in [2.05, 4.69) is 4.74 Å². The van der Waals surface area contributed by atoms with Gasteiger partial charge in [-0.05, 0) is 12.3 Å². The lowest BCUT2D eigenvalue weighted by Crippen LogP contribution is -2.14. The summed E-state index contributed by atoms with van der Waals surface area (Å²) in [7, 11) is 1.31. The molecule has 0 aromatic carbocycles. The van der Waals surface area contributed by atoms with Gasteiger partial charge in [-0.25, -0.2) is 0 Å². The van der Waals surface area contributed by atoms with Crippen molar-refractivity contribution in [2.75, 3.05) is 7.11 Å². The summed E-state index contributed by atoms with van der Waals surface area (Å²) in [5.41, 5.74) is 0. The first-order chi connectivity index (χ1) is 6.22. The van der Waals surface area contributed by atoms with Crippen LogP contribution in [0.3, 0.4) is 0 Å². The van der Waals surface area contributed by atoms with Crippen molar-refractivity contribution >= 4 is 11.8 Å². The van der Waals surface area contributed by atoms with E-state index in [4.69, 9.17) is 0 Å². The zero-order valence-corrected chi connectivity index (χ0v) is 8.04. The lowest BCUT2D eigenvalue weighted by molar-refractivity contribution is -0.143. The molecule has 0 aromatic rings. The number of carbonyl (C=O) groups excluding carboxylic acids is 2. The number of hydrogen-bond donors (Lipinski definition) is 0. The summed E-state index contributed by atoms with van der Waals surface area (Å²) in [6.07, 6.45) is 5.26. The Kier molecular flexibility index (Phi) is 3.93. The topological polar surface area (TPSA) is 43.4 Å². The molecule has 0 radical (unpaired) electrons. The Bertz CT molecular complexity index is 194. The highest BCUT2D eigenvalue weighted by molar-refractivity contribution is 5.95. The van der Waals surface area contributed by atoms with Crippen LogP contribution in [0.1, 0.15) is 38.5 Å². The molecule has 0 aromatic heterocycles. The van der Waals surface area contributed by atoms with Gasteiger partial charge in [0.05, 0.1) is 7.11 Å². The average Bonchev–Trinajstić information content (AvgIpc) is 2.01. The monoisotopic (exact) mass is 184 g/mol. The summed E-state index contributed by atoms with van der Waals surface area (Å²) in [6, 6.07) is 0. The van der Waals surface area contributed by atoms with Crippen LogP contribution in [0.15, 0.2) is 0 Å². The van der Waals surface area contributed by atoms with E-state index in [0.717, 1.165) is 12.3 Å². The second-order valence-electron chi connectivity index (χ2n) is 3.63. The van der Waals surface area contributed by atoms with Crippen LogP contribution < -0.4 is 0 Å². The largest absolute Gasteiger partial charge is 0.469 e. The minimum Gasteiger partial charge on any atom is -0.469 e. The Balaban J connectivity index is 2.06. The Morgan fingerprint density at radius 2 is 2.08 bits per heavy atom. The number of rotatable bonds is 5. The molecule has 0 unspecified atom stereocenters. The van der Waals surface area contributed by atoms with Crippen molar-refractivity contribution in [3.63, 3.8) is 0 Å². The number of ketones is 1. The van der Waals surface area contributed by atoms with Crippen LogP contribution in [-0.4, -0.2) is 18.9 Å². The summed E-state index contributed by atoms with van der Waals surface area (Å²) >= 11 is 0. The Morgan fingerprint density at radius 1 is 1.38 bits per heavy atom. The molecular weight excluding hydrogens is 168 g/mol. The zero-order chi connectivity index (χ0) is 9.68. The Labute approximate surface area is 78.5 Å². The van der Waals surface area contributed by atoms with Gasteiger partial charge >= 0.3 is 5.97 Å². The van der Waals surface area contributed by atoms with Gasteiger partial charge in [-0.2, -0.15) is 0 Å². The van der Waals surface area contributed by atoms with Gasteiger partial charge in [-0.1, -0.05) is 19.3 Å². The minimum absolute atomic E-state index is 0.0127. The van der Waals surface area contributed by atoms with Gasteiger partial charge in [0.15, 0.2) is 0 Å². The van der Waals surface area contributed by atoms with E-state index >= 15 is 0 Å². The molecule has 3 nitrogen and oxygen atoms in total. The summed E-state index contributed by atoms with van der Waals surface area (Å²) in [6.45, 7) is 0. The fourth-order valence-electron chi connectivity index (χ4n) is 1.47. The Hall–Kier alpha value is -0.860. The lowest BCUT2D eigenvalue weighted by Gasteiger charge is -2.24. The molecule has 1 saturated carbocycles. The maximum Gasteiger partial charge on any atom is 0.313 e. The SMILES string of the molecule is COC(=O)CC(=O)CCC1CCC1. The molecule has 0 atom stereocenters. The summed E-state index contributed by atoms with van der Waals surface area (Å²) in [5, 5.41) is 0. The molecule has 0 heterocycles. The van der Waals surface area contributed by atoms with Crippen LogP contribution in [0, 0.1) is 5.92 Å². The standard InChI is InChI=1S/C10H16O3/c1-13-10(12)7-9(11)6-5-8-3-2-4-8/h8H,2-7H2,1H3. The Morgan fingerprint density at radius 3 is 2.54 bits per heavy atom. The molecule has 3 heteroatoms. The van der Waals surface area contributed by atoms with Crippen LogP contribution in [-0.2, 0) is 14.3 Å². The van der Waals surface area contributed by atoms with E-state index in [1.54, 1.807) is 0 Å². The van der Waals surface area contributed by atoms with Crippen LogP contribution in [0.2, 0.25) is 0 Å². The highest BCUT2D eigenvalue weighted by Gasteiger charge is 2.19. The quantitative estimate of drug-likeness (QED) is 0.482. The van der Waals surface area contributed by atoms with Crippen LogP contribution in [0.5, 0.6) is 0 Å². The summed E-state index contributed by atoms with van der Waals surface area (Å²) in [4.78, 5) is 21.9. The van der Waals surface area contributed by atoms with Gasteiger partial charge < -0.3 is 4.74 Å². The summed E-state index contributed by atoms with van der Waals surface area (Å²) in [5.74, 6) is 0.332. The smallest absolute Gasteiger partial charge is 0.313 e. The van der Waals surface area contributed by atoms with Crippen LogP contribution in [0.4, 0.5) is 0 Å². The molecule has 0 spiro atoms. The molecule has 0 aliphatic heterocycles. The van der Waals surface area contributed by atoms with Crippen molar-refractivity contribution in [3.05, 3.63) is 0 Å². The number of methoxy groups -OCH3 is 1. The van der Waals surface area contributed by atoms with Crippen molar-refractivity contribution in [1.82, 2.24) is 0 Å². The number of esters is 1. The molecule has 1 aliphatic carbocycles.